The first kappa shape index (κ1) is 113. The Morgan fingerprint density at radius 2 is 0.625 bits per heavy atom. The van der Waals surface area contributed by atoms with Crippen molar-refractivity contribution in [1.82, 2.24) is 64.4 Å². The van der Waals surface area contributed by atoms with Gasteiger partial charge in [0.2, 0.25) is 0 Å². The zero-order valence-electron chi connectivity index (χ0n) is 81.4. The number of carbonyl (C=O) groups is 3. The van der Waals surface area contributed by atoms with Gasteiger partial charge < -0.3 is 74.9 Å². The van der Waals surface area contributed by atoms with Crippen LogP contribution in [-0.2, 0) is 73.2 Å². The highest BCUT2D eigenvalue weighted by Gasteiger charge is 2.35. The first-order chi connectivity index (χ1) is 68.6. The summed E-state index contributed by atoms with van der Waals surface area (Å²) >= 11 is 38.3. The number of halogens is 15. The van der Waals surface area contributed by atoms with Crippen LogP contribution in [0, 0.1) is 0 Å². The first-order valence-electron chi connectivity index (χ1n) is 47.8. The summed E-state index contributed by atoms with van der Waals surface area (Å²) in [4.78, 5) is 46.8. The number of benzene rings is 9. The normalized spacial score (nSPS) is 14.5. The highest BCUT2D eigenvalue weighted by atomic mass is 35.5. The molecule has 3 fully saturated rings. The number of ether oxygens (including phenoxy) is 5. The molecule has 0 aliphatic carbocycles. The number of amides is 2. The van der Waals surface area contributed by atoms with Crippen molar-refractivity contribution in [2.24, 2.45) is 11.5 Å². The molecule has 3 saturated heterocycles. The predicted molar refractivity (Wildman–Crippen MR) is 555 cm³/mol. The van der Waals surface area contributed by atoms with E-state index in [0.29, 0.717) is 69.1 Å². The summed E-state index contributed by atoms with van der Waals surface area (Å²) < 4.78 is 143. The Morgan fingerprint density at radius 3 is 0.896 bits per heavy atom. The van der Waals surface area contributed by atoms with E-state index < -0.39 is 42.5 Å². The third kappa shape index (κ3) is 35.3. The van der Waals surface area contributed by atoms with Crippen molar-refractivity contribution >= 4 is 121 Å². The number of fused-ring (bicyclic) bond motifs is 3. The number of alkyl carbamates (subject to hydrolysis) is 2. The van der Waals surface area contributed by atoms with Gasteiger partial charge in [0, 0.05) is 278 Å². The molecule has 12 aromatic rings. The van der Waals surface area contributed by atoms with Crippen LogP contribution in [0.2, 0.25) is 30.1 Å². The van der Waals surface area contributed by atoms with Gasteiger partial charge in [-0.15, -0.1) is 39.5 Å². The van der Waals surface area contributed by atoms with E-state index in [1.165, 1.54) is 47.5 Å². The van der Waals surface area contributed by atoms with Gasteiger partial charge in [-0.2, -0.15) is 0 Å². The Balaban J connectivity index is 0.000000183. The van der Waals surface area contributed by atoms with Crippen molar-refractivity contribution < 1.29 is 77.6 Å². The first-order valence-corrected chi connectivity index (χ1v) is 50.1. The molecule has 144 heavy (non-hydrogen) atoms. The van der Waals surface area contributed by atoms with E-state index in [2.05, 4.69) is 152 Å². The smallest absolute Gasteiger partial charge is 0.444 e. The lowest BCUT2D eigenvalue weighted by Crippen LogP contribution is -2.45. The molecule has 38 heteroatoms. The molecular formula is C106H124Cl6F9N15O8. The van der Waals surface area contributed by atoms with E-state index >= 15 is 0 Å². The maximum Gasteiger partial charge on any atom is 0.573 e. The van der Waals surface area contributed by atoms with Crippen LogP contribution in [0.5, 0.6) is 17.2 Å². The minimum Gasteiger partial charge on any atom is -0.444 e. The van der Waals surface area contributed by atoms with Crippen LogP contribution in [0.15, 0.2) is 201 Å². The summed E-state index contributed by atoms with van der Waals surface area (Å²) in [6, 6.07) is 54.4. The van der Waals surface area contributed by atoms with E-state index in [-0.39, 0.29) is 23.8 Å². The number of hydrogen-bond donors (Lipinski definition) is 6. The Morgan fingerprint density at radius 1 is 0.347 bits per heavy atom. The van der Waals surface area contributed by atoms with E-state index in [0.717, 1.165) is 258 Å². The van der Waals surface area contributed by atoms with Gasteiger partial charge in [-0.3, -0.25) is 29.4 Å². The highest BCUT2D eigenvalue weighted by molar-refractivity contribution is 6.37. The van der Waals surface area contributed by atoms with E-state index in [1.807, 2.05) is 75.4 Å². The summed E-state index contributed by atoms with van der Waals surface area (Å²) in [5.41, 5.74) is 25.3. The van der Waals surface area contributed by atoms with Crippen LogP contribution in [0.3, 0.4) is 0 Å². The molecule has 0 atom stereocenters. The molecule has 0 spiro atoms. The number of rotatable bonds is 36. The fourth-order valence-corrected chi connectivity index (χ4v) is 18.8. The number of nitrogens with one attached hydrogen (secondary N) is 4. The quantitative estimate of drug-likeness (QED) is 0.0122. The van der Waals surface area contributed by atoms with Gasteiger partial charge in [-0.1, -0.05) is 142 Å². The molecule has 2 amide bonds. The number of aromatic nitrogens is 3. The lowest BCUT2D eigenvalue weighted by molar-refractivity contribution is -0.275. The fraction of sp³-hybridized carbons (Fsp3) is 0.406. The number of aldehydes is 1. The van der Waals surface area contributed by atoms with Gasteiger partial charge in [0.15, 0.2) is 0 Å². The largest absolute Gasteiger partial charge is 0.573 e. The lowest BCUT2D eigenvalue weighted by atomic mass is 10.0. The van der Waals surface area contributed by atoms with E-state index in [1.54, 1.807) is 57.2 Å². The second-order valence-electron chi connectivity index (χ2n) is 37.4. The number of aryl methyl sites for hydroxylation is 3. The van der Waals surface area contributed by atoms with Crippen molar-refractivity contribution in [1.29, 1.82) is 0 Å². The zero-order valence-corrected chi connectivity index (χ0v) is 85.9. The number of hydrogen-bond acceptors (Lipinski definition) is 18. The molecule has 8 N–H and O–H groups in total. The molecule has 776 valence electrons. The highest BCUT2D eigenvalue weighted by Crippen LogP contribution is 2.40. The van der Waals surface area contributed by atoms with Crippen molar-refractivity contribution in [2.45, 2.75) is 150 Å². The molecule has 0 unspecified atom stereocenters. The standard InChI is InChI=1S/C37H44Cl2F3N5O3.C32H36Cl2F3N5O.C30H31Cl2F3N4O.C7H13NO3/c1-36(2,3)50-35(48)44-16-15-43-14-5-17-47-25-30(27-9-11-28(12-10-27)49-37(40,41)42)29-22-26(8-13-34(29)47)23-45-18-20-46(21-19-45)24-31-32(38)6-4-7-33(31)39;33-29-3-1-4-30(34)28(29)21-41-17-15-40(16-18-41)20-23-5-10-31-26(19-23)27(22-42(31)14-2-12-39-13-11-38)24-6-8-25(9-7-24)43-32(35,36)37;31-27-3-1-4-28(32)26(27)19-38-15-13-37(14-16-38)18-21-5-10-29-24(17-21)25(20-39(29)12-2-11-36)22-6-8-23(9-7-22)40-30(33,34)35;1-7(2,3)11-6(10)8-4-5-9/h4,6-13,22,25,43H,5,14-21,23-24H2,1-3H3,(H,44,48);1,3-10,19,22,39H,2,11-18,20-21,38H2;1,3-10,17,20H,2,11-16,18-19,36H2;5H,4H2,1-3H3,(H,8,10). The maximum atomic E-state index is 12.8. The summed E-state index contributed by atoms with van der Waals surface area (Å²) in [7, 11) is 0. The molecular weight excluding hydrogens is 1990 g/mol. The minimum absolute atomic E-state index is 0.00505. The van der Waals surface area contributed by atoms with E-state index in [4.69, 9.17) is 90.5 Å². The topological polar surface area (TPSA) is 232 Å². The Labute approximate surface area is 864 Å². The average Bonchev–Trinajstić information content (AvgIpc) is 1.63. The molecule has 3 aliphatic heterocycles. The molecule has 3 aromatic heterocycles. The van der Waals surface area contributed by atoms with Crippen molar-refractivity contribution in [2.75, 3.05) is 131 Å². The van der Waals surface area contributed by atoms with Gasteiger partial charge >= 0.3 is 31.3 Å². The molecule has 0 saturated carbocycles. The molecule has 0 bridgehead atoms. The number of nitrogens with zero attached hydrogens (tertiary/aromatic N) is 9. The van der Waals surface area contributed by atoms with Gasteiger partial charge in [-0.05, 0) is 223 Å². The molecule has 9 aromatic carbocycles. The Bertz CT molecular complexity index is 6100. The zero-order chi connectivity index (χ0) is 103. The number of carbonyl (C=O) groups excluding carboxylic acids is 3. The van der Waals surface area contributed by atoms with Crippen LogP contribution < -0.4 is 46.9 Å². The molecule has 3 aliphatic rings. The monoisotopic (exact) mass is 2120 g/mol. The number of nitrogens with two attached hydrogens (primary N) is 2. The number of piperazine rings is 3. The summed E-state index contributed by atoms with van der Waals surface area (Å²) in [6.45, 7) is 33.1. The van der Waals surface area contributed by atoms with Crippen LogP contribution in [0.25, 0.3) is 66.1 Å². The molecule has 6 heterocycles. The van der Waals surface area contributed by atoms with Crippen LogP contribution in [0.1, 0.15) is 94.2 Å². The Hall–Kier alpha value is -10.1. The number of alkyl halides is 9. The molecule has 0 radical (unpaired) electrons. The van der Waals surface area contributed by atoms with Gasteiger partial charge in [0.05, 0.1) is 6.54 Å². The van der Waals surface area contributed by atoms with Crippen LogP contribution in [0.4, 0.5) is 49.1 Å². The van der Waals surface area contributed by atoms with E-state index in [9.17, 15) is 53.9 Å². The lowest BCUT2D eigenvalue weighted by Gasteiger charge is -2.35. The van der Waals surface area contributed by atoms with Crippen LogP contribution >= 0.6 is 69.6 Å². The van der Waals surface area contributed by atoms with Crippen molar-refractivity contribution in [3.8, 4) is 50.6 Å². The molecule has 23 nitrogen and oxygen atoms in total. The third-order valence-corrected chi connectivity index (χ3v) is 26.2. The SMILES string of the molecule is CC(C)(C)OC(=O)NCC=O.CC(C)(C)OC(=O)NCCNCCCn1cc(-c2ccc(OC(F)(F)F)cc2)c2cc(CN3CCN(Cc4c(Cl)cccc4Cl)CC3)ccc21.NCCCn1cc(-c2ccc(OC(F)(F)F)cc2)c2cc(CN3CCN(Cc4c(Cl)cccc4Cl)CC3)ccc21.NCCNCCCn1cc(-c2ccc(OC(F)(F)F)cc2)c2cc(CN3CCN(Cc4c(Cl)cccc4Cl)CC3)ccc21. The molecule has 15 rings (SSSR count). The Kier molecular flexibility index (Phi) is 41.5. The fourth-order valence-electron chi connectivity index (χ4n) is 17.3. The van der Waals surface area contributed by atoms with Crippen molar-refractivity contribution in [3.63, 3.8) is 0 Å². The minimum atomic E-state index is -4.75. The second kappa shape index (κ2) is 53.0. The second-order valence-corrected chi connectivity index (χ2v) is 39.8. The predicted octanol–water partition coefficient (Wildman–Crippen LogP) is 23.0. The van der Waals surface area contributed by atoms with Gasteiger partial charge in [-0.25, -0.2) is 9.59 Å². The summed E-state index contributed by atoms with van der Waals surface area (Å²) in [5, 5.41) is 19.0. The maximum absolute atomic E-state index is 12.8. The van der Waals surface area contributed by atoms with Crippen molar-refractivity contribution in [3.05, 3.63) is 264 Å². The average molecular weight is 2120 g/mol. The third-order valence-electron chi connectivity index (χ3n) is 24.1. The van der Waals surface area contributed by atoms with Crippen LogP contribution in [-0.4, -0.2) is 223 Å². The van der Waals surface area contributed by atoms with Gasteiger partial charge in [0.1, 0.15) is 34.7 Å². The summed E-state index contributed by atoms with van der Waals surface area (Å²) in [6.07, 6.45) is -5.80. The summed E-state index contributed by atoms with van der Waals surface area (Å²) in [5.74, 6) is -0.726. The van der Waals surface area contributed by atoms with Gasteiger partial charge in [0.25, 0.3) is 0 Å².